The minimum atomic E-state index is -0.223. The van der Waals surface area contributed by atoms with Gasteiger partial charge in [-0.2, -0.15) is 0 Å². The number of anilines is 1. The van der Waals surface area contributed by atoms with E-state index < -0.39 is 0 Å². The summed E-state index contributed by atoms with van der Waals surface area (Å²) in [6.45, 7) is 0. The molecule has 0 radical (unpaired) electrons. The Morgan fingerprint density at radius 2 is 1.36 bits per heavy atom. The third-order valence-electron chi connectivity index (χ3n) is 5.33. The summed E-state index contributed by atoms with van der Waals surface area (Å²) in [4.78, 5) is 12.5. The number of ketones is 1. The number of aromatic hydroxyl groups is 1. The fourth-order valence-corrected chi connectivity index (χ4v) is 3.54. The number of phenols is 1. The van der Waals surface area contributed by atoms with Gasteiger partial charge in [0.15, 0.2) is 28.8 Å². The van der Waals surface area contributed by atoms with Gasteiger partial charge in [-0.25, -0.2) is 0 Å². The second-order valence-corrected chi connectivity index (χ2v) is 7.45. The first-order valence-corrected chi connectivity index (χ1v) is 10.9. The van der Waals surface area contributed by atoms with Gasteiger partial charge in [0.2, 0.25) is 5.75 Å². The fraction of sp³-hybridized carbons (Fsp3) is 0.179. The van der Waals surface area contributed by atoms with Gasteiger partial charge >= 0.3 is 0 Å². The first-order chi connectivity index (χ1) is 17.4. The quantitative estimate of drug-likeness (QED) is 0.209. The molecule has 0 aliphatic rings. The van der Waals surface area contributed by atoms with E-state index in [4.69, 9.17) is 23.7 Å². The maximum Gasteiger partial charge on any atom is 0.203 e. The summed E-state index contributed by atoms with van der Waals surface area (Å²) in [7, 11) is 7.77. The highest BCUT2D eigenvalue weighted by molar-refractivity contribution is 6.04. The fourth-order valence-electron chi connectivity index (χ4n) is 3.54. The summed E-state index contributed by atoms with van der Waals surface area (Å²) in [5.74, 6) is 2.47. The molecule has 0 fully saturated rings. The Kier molecular flexibility index (Phi) is 8.83. The molecule has 3 aromatic carbocycles. The van der Waals surface area contributed by atoms with Crippen LogP contribution in [-0.4, -0.2) is 46.4 Å². The molecule has 3 aromatic rings. The van der Waals surface area contributed by atoms with Crippen molar-refractivity contribution in [1.29, 1.82) is 0 Å². The lowest BCUT2D eigenvalue weighted by Crippen LogP contribution is -2.00. The van der Waals surface area contributed by atoms with Gasteiger partial charge in [-0.05, 0) is 54.1 Å². The van der Waals surface area contributed by atoms with Crippen LogP contribution in [0, 0.1) is 0 Å². The van der Waals surface area contributed by atoms with Crippen molar-refractivity contribution in [2.45, 2.75) is 0 Å². The van der Waals surface area contributed by atoms with Crippen molar-refractivity contribution in [3.63, 3.8) is 0 Å². The highest BCUT2D eigenvalue weighted by Gasteiger charge is 2.15. The lowest BCUT2D eigenvalue weighted by Gasteiger charge is -2.15. The van der Waals surface area contributed by atoms with Crippen LogP contribution in [0.4, 0.5) is 5.69 Å². The maximum atomic E-state index is 12.5. The van der Waals surface area contributed by atoms with Crippen molar-refractivity contribution in [1.82, 2.24) is 0 Å². The molecule has 0 saturated carbocycles. The van der Waals surface area contributed by atoms with E-state index >= 15 is 0 Å². The zero-order valence-electron chi connectivity index (χ0n) is 20.8. The molecule has 188 valence electrons. The Morgan fingerprint density at radius 3 is 1.92 bits per heavy atom. The van der Waals surface area contributed by atoms with E-state index in [1.165, 1.54) is 24.4 Å². The second-order valence-electron chi connectivity index (χ2n) is 7.45. The number of carbonyl (C=O) groups is 1. The van der Waals surface area contributed by atoms with Crippen LogP contribution in [0.5, 0.6) is 34.5 Å². The molecule has 3 rings (SSSR count). The molecular formula is C28H29NO7. The number of ether oxygens (including phenoxy) is 5. The first kappa shape index (κ1) is 26.0. The number of rotatable bonds is 11. The number of hydrogen-bond donors (Lipinski definition) is 2. The zero-order valence-corrected chi connectivity index (χ0v) is 20.8. The van der Waals surface area contributed by atoms with Crippen molar-refractivity contribution in [2.24, 2.45) is 0 Å². The molecule has 0 amide bonds. The van der Waals surface area contributed by atoms with Crippen molar-refractivity contribution in [3.05, 3.63) is 77.5 Å². The predicted molar refractivity (Wildman–Crippen MR) is 140 cm³/mol. The summed E-state index contributed by atoms with van der Waals surface area (Å²) >= 11 is 0. The predicted octanol–water partition coefficient (Wildman–Crippen LogP) is 5.41. The van der Waals surface area contributed by atoms with E-state index in [0.29, 0.717) is 40.0 Å². The second kappa shape index (κ2) is 12.2. The molecule has 8 nitrogen and oxygen atoms in total. The van der Waals surface area contributed by atoms with Crippen LogP contribution in [0.1, 0.15) is 21.5 Å². The Hall–Kier alpha value is -4.59. The maximum absolute atomic E-state index is 12.5. The molecule has 2 N–H and O–H groups in total. The molecule has 0 aromatic heterocycles. The van der Waals surface area contributed by atoms with E-state index in [1.54, 1.807) is 53.7 Å². The van der Waals surface area contributed by atoms with Gasteiger partial charge < -0.3 is 34.1 Å². The van der Waals surface area contributed by atoms with Gasteiger partial charge in [0, 0.05) is 23.4 Å². The minimum Gasteiger partial charge on any atom is -0.508 e. The summed E-state index contributed by atoms with van der Waals surface area (Å²) in [6.07, 6.45) is 6.71. The third kappa shape index (κ3) is 5.90. The molecule has 0 atom stereocenters. The molecular weight excluding hydrogens is 462 g/mol. The van der Waals surface area contributed by atoms with E-state index in [-0.39, 0.29) is 11.5 Å². The standard InChI is InChI=1S/C28H29NO7/c1-32-23-13-10-20(7-6-18-16-24(33-2)27(35-4)25(17-18)34-3)26(28(23)36-5)29-15-14-22(31)19-8-11-21(30)12-9-19/h6-17,29-30H,1-5H3/b7-6-,15-14-. The van der Waals surface area contributed by atoms with Crippen LogP contribution in [0.15, 0.2) is 60.8 Å². The summed E-state index contributed by atoms with van der Waals surface area (Å²) < 4.78 is 27.3. The largest absolute Gasteiger partial charge is 0.508 e. The summed E-state index contributed by atoms with van der Waals surface area (Å²) in [5.41, 5.74) is 2.66. The van der Waals surface area contributed by atoms with E-state index in [0.717, 1.165) is 11.1 Å². The van der Waals surface area contributed by atoms with Crippen molar-refractivity contribution >= 4 is 23.6 Å². The number of carbonyl (C=O) groups excluding carboxylic acids is 1. The van der Waals surface area contributed by atoms with Crippen LogP contribution in [-0.2, 0) is 0 Å². The molecule has 0 heterocycles. The molecule has 0 unspecified atom stereocenters. The molecule has 8 heteroatoms. The van der Waals surface area contributed by atoms with Crippen LogP contribution in [0.25, 0.3) is 12.2 Å². The zero-order chi connectivity index (χ0) is 26.1. The van der Waals surface area contributed by atoms with Crippen LogP contribution >= 0.6 is 0 Å². The lowest BCUT2D eigenvalue weighted by molar-refractivity contribution is 0.104. The van der Waals surface area contributed by atoms with Gasteiger partial charge in [0.05, 0.1) is 41.2 Å². The smallest absolute Gasteiger partial charge is 0.203 e. The van der Waals surface area contributed by atoms with Gasteiger partial charge in [-0.15, -0.1) is 0 Å². The Bertz CT molecular complexity index is 1240. The van der Waals surface area contributed by atoms with E-state index in [2.05, 4.69) is 5.32 Å². The van der Waals surface area contributed by atoms with Gasteiger partial charge in [-0.3, -0.25) is 4.79 Å². The van der Waals surface area contributed by atoms with Crippen molar-refractivity contribution in [2.75, 3.05) is 40.9 Å². The third-order valence-corrected chi connectivity index (χ3v) is 5.33. The number of hydrogen-bond acceptors (Lipinski definition) is 8. The van der Waals surface area contributed by atoms with E-state index in [1.807, 2.05) is 30.4 Å². The van der Waals surface area contributed by atoms with E-state index in [9.17, 15) is 9.90 Å². The first-order valence-electron chi connectivity index (χ1n) is 10.9. The molecule has 0 aliphatic heterocycles. The molecule has 0 bridgehead atoms. The van der Waals surface area contributed by atoms with Gasteiger partial charge in [0.1, 0.15) is 5.75 Å². The monoisotopic (exact) mass is 491 g/mol. The molecule has 0 saturated heterocycles. The average Bonchev–Trinajstić information content (AvgIpc) is 2.91. The topological polar surface area (TPSA) is 95.5 Å². The Balaban J connectivity index is 1.95. The van der Waals surface area contributed by atoms with Gasteiger partial charge in [0.25, 0.3) is 0 Å². The van der Waals surface area contributed by atoms with Crippen LogP contribution in [0.3, 0.4) is 0 Å². The van der Waals surface area contributed by atoms with Crippen molar-refractivity contribution < 1.29 is 33.6 Å². The Labute approximate surface area is 210 Å². The summed E-state index contributed by atoms with van der Waals surface area (Å²) in [5, 5.41) is 12.6. The van der Waals surface area contributed by atoms with Gasteiger partial charge in [-0.1, -0.05) is 12.2 Å². The number of benzene rings is 3. The lowest BCUT2D eigenvalue weighted by atomic mass is 10.1. The molecule has 36 heavy (non-hydrogen) atoms. The van der Waals surface area contributed by atoms with Crippen molar-refractivity contribution in [3.8, 4) is 34.5 Å². The average molecular weight is 492 g/mol. The number of phenolic OH excluding ortho intramolecular Hbond substituents is 1. The minimum absolute atomic E-state index is 0.0956. The number of methoxy groups -OCH3 is 5. The molecule has 0 spiro atoms. The normalized spacial score (nSPS) is 10.9. The highest BCUT2D eigenvalue weighted by Crippen LogP contribution is 2.40. The summed E-state index contributed by atoms with van der Waals surface area (Å²) in [6, 6.07) is 13.4. The number of nitrogens with one attached hydrogen (secondary N) is 1. The van der Waals surface area contributed by atoms with Crippen LogP contribution < -0.4 is 29.0 Å². The number of allylic oxidation sites excluding steroid dienone is 1. The molecule has 0 aliphatic carbocycles. The van der Waals surface area contributed by atoms with Crippen LogP contribution in [0.2, 0.25) is 0 Å². The Morgan fingerprint density at radius 1 is 0.750 bits per heavy atom. The highest BCUT2D eigenvalue weighted by atomic mass is 16.5. The SMILES string of the molecule is COc1cc(/C=C\c2ccc(OC)c(OC)c2N/C=C\C(=O)c2ccc(O)cc2)cc(OC)c1OC.